The van der Waals surface area contributed by atoms with Gasteiger partial charge < -0.3 is 5.32 Å². The summed E-state index contributed by atoms with van der Waals surface area (Å²) in [5.41, 5.74) is 1.05. The summed E-state index contributed by atoms with van der Waals surface area (Å²) in [5, 5.41) is 8.00. The standard InChI is InChI=1S/C19H25ClN4O/c1-14-8-15(2)11-23(10-14)13-19(25)22-18-6-7-21-24(18)12-16-4-3-5-17(20)9-16/h3-7,9,14-15H,8,10-13H2,1-2H3,(H,22,25). The maximum absolute atomic E-state index is 12.4. The molecule has 134 valence electrons. The highest BCUT2D eigenvalue weighted by Gasteiger charge is 2.23. The Bertz CT molecular complexity index is 720. The minimum Gasteiger partial charge on any atom is -0.310 e. The SMILES string of the molecule is CC1CC(C)CN(CC(=O)Nc2ccnn2Cc2cccc(Cl)c2)C1. The molecule has 5 nitrogen and oxygen atoms in total. The number of benzene rings is 1. The number of hydrogen-bond donors (Lipinski definition) is 1. The van der Waals surface area contributed by atoms with Gasteiger partial charge in [0.25, 0.3) is 0 Å². The van der Waals surface area contributed by atoms with Gasteiger partial charge >= 0.3 is 0 Å². The van der Waals surface area contributed by atoms with Gasteiger partial charge in [0, 0.05) is 24.2 Å². The van der Waals surface area contributed by atoms with E-state index in [9.17, 15) is 4.79 Å². The van der Waals surface area contributed by atoms with Crippen molar-refractivity contribution in [3.8, 4) is 0 Å². The Morgan fingerprint density at radius 2 is 2.04 bits per heavy atom. The van der Waals surface area contributed by atoms with Crippen molar-refractivity contribution in [1.82, 2.24) is 14.7 Å². The average Bonchev–Trinajstić information content (AvgIpc) is 2.93. The Kier molecular flexibility index (Phi) is 5.76. The Balaban J connectivity index is 1.60. The van der Waals surface area contributed by atoms with E-state index in [1.165, 1.54) is 6.42 Å². The summed E-state index contributed by atoms with van der Waals surface area (Å²) >= 11 is 6.04. The third-order valence-electron chi connectivity index (χ3n) is 4.52. The second kappa shape index (κ2) is 8.02. The molecule has 3 rings (SSSR count). The smallest absolute Gasteiger partial charge is 0.239 e. The topological polar surface area (TPSA) is 50.2 Å². The molecule has 2 aromatic rings. The van der Waals surface area contributed by atoms with Crippen molar-refractivity contribution in [1.29, 1.82) is 0 Å². The maximum Gasteiger partial charge on any atom is 0.239 e. The number of anilines is 1. The summed E-state index contributed by atoms with van der Waals surface area (Å²) < 4.78 is 1.78. The third kappa shape index (κ3) is 5.06. The van der Waals surface area contributed by atoms with Crippen LogP contribution in [0.5, 0.6) is 0 Å². The molecular formula is C19H25ClN4O. The van der Waals surface area contributed by atoms with E-state index in [0.29, 0.717) is 35.8 Å². The molecule has 0 radical (unpaired) electrons. The average molecular weight is 361 g/mol. The predicted octanol–water partition coefficient (Wildman–Crippen LogP) is 3.50. The van der Waals surface area contributed by atoms with Gasteiger partial charge in [0.1, 0.15) is 5.82 Å². The van der Waals surface area contributed by atoms with Crippen LogP contribution in [0.2, 0.25) is 5.02 Å². The number of halogens is 1. The Morgan fingerprint density at radius 3 is 2.76 bits per heavy atom. The fraction of sp³-hybridized carbons (Fsp3) is 0.474. The minimum absolute atomic E-state index is 0.00847. The van der Waals surface area contributed by atoms with E-state index in [-0.39, 0.29) is 5.91 Å². The minimum atomic E-state index is 0.00847. The van der Waals surface area contributed by atoms with Crippen LogP contribution in [0.25, 0.3) is 0 Å². The number of carbonyl (C=O) groups excluding carboxylic acids is 1. The van der Waals surface area contributed by atoms with E-state index >= 15 is 0 Å². The van der Waals surface area contributed by atoms with Crippen molar-refractivity contribution < 1.29 is 4.79 Å². The lowest BCUT2D eigenvalue weighted by atomic mass is 9.92. The van der Waals surface area contributed by atoms with Gasteiger partial charge in [-0.15, -0.1) is 0 Å². The molecule has 0 bridgehead atoms. The molecule has 0 saturated carbocycles. The summed E-state index contributed by atoms with van der Waals surface area (Å²) in [7, 11) is 0. The van der Waals surface area contributed by atoms with Crippen molar-refractivity contribution in [3.63, 3.8) is 0 Å². The summed E-state index contributed by atoms with van der Waals surface area (Å²) in [6.45, 7) is 7.47. The summed E-state index contributed by atoms with van der Waals surface area (Å²) in [4.78, 5) is 14.7. The largest absolute Gasteiger partial charge is 0.310 e. The zero-order chi connectivity index (χ0) is 17.8. The molecule has 0 spiro atoms. The van der Waals surface area contributed by atoms with Gasteiger partial charge in [-0.25, -0.2) is 4.68 Å². The molecule has 0 aliphatic carbocycles. The van der Waals surface area contributed by atoms with E-state index in [1.807, 2.05) is 30.3 Å². The van der Waals surface area contributed by atoms with E-state index < -0.39 is 0 Å². The molecule has 1 saturated heterocycles. The number of nitrogens with zero attached hydrogens (tertiary/aromatic N) is 3. The molecule has 1 N–H and O–H groups in total. The van der Waals surface area contributed by atoms with Crippen molar-refractivity contribution >= 4 is 23.3 Å². The Morgan fingerprint density at radius 1 is 1.28 bits per heavy atom. The second-order valence-corrected chi connectivity index (χ2v) is 7.63. The fourth-order valence-corrected chi connectivity index (χ4v) is 3.89. The number of amides is 1. The van der Waals surface area contributed by atoms with Crippen LogP contribution in [0.3, 0.4) is 0 Å². The summed E-state index contributed by atoms with van der Waals surface area (Å²) in [6, 6.07) is 9.49. The first-order valence-electron chi connectivity index (χ1n) is 8.78. The van der Waals surface area contributed by atoms with Crippen LogP contribution in [-0.2, 0) is 11.3 Å². The van der Waals surface area contributed by atoms with Crippen LogP contribution in [0.1, 0.15) is 25.8 Å². The summed E-state index contributed by atoms with van der Waals surface area (Å²) in [5.74, 6) is 2.01. The molecule has 6 heteroatoms. The predicted molar refractivity (Wildman–Crippen MR) is 101 cm³/mol. The van der Waals surface area contributed by atoms with Gasteiger partial charge in [-0.3, -0.25) is 9.69 Å². The molecule has 2 atom stereocenters. The monoisotopic (exact) mass is 360 g/mol. The maximum atomic E-state index is 12.4. The van der Waals surface area contributed by atoms with E-state index in [0.717, 1.165) is 18.7 Å². The molecule has 1 aromatic carbocycles. The molecule has 2 unspecified atom stereocenters. The number of carbonyl (C=O) groups is 1. The zero-order valence-electron chi connectivity index (χ0n) is 14.8. The van der Waals surface area contributed by atoms with Gasteiger partial charge in [0.15, 0.2) is 0 Å². The van der Waals surface area contributed by atoms with Gasteiger partial charge in [-0.05, 0) is 36.0 Å². The zero-order valence-corrected chi connectivity index (χ0v) is 15.5. The third-order valence-corrected chi connectivity index (χ3v) is 4.75. The highest BCUT2D eigenvalue weighted by molar-refractivity contribution is 6.30. The number of likely N-dealkylation sites (tertiary alicyclic amines) is 1. The molecule has 25 heavy (non-hydrogen) atoms. The molecule has 1 fully saturated rings. The number of aromatic nitrogens is 2. The van der Waals surface area contributed by atoms with E-state index in [4.69, 9.17) is 11.6 Å². The Labute approximate surface area is 154 Å². The lowest BCUT2D eigenvalue weighted by Gasteiger charge is -2.34. The fourth-order valence-electron chi connectivity index (χ4n) is 3.68. The molecular weight excluding hydrogens is 336 g/mol. The van der Waals surface area contributed by atoms with E-state index in [2.05, 4.69) is 29.2 Å². The van der Waals surface area contributed by atoms with Crippen molar-refractivity contribution in [2.75, 3.05) is 25.0 Å². The summed E-state index contributed by atoms with van der Waals surface area (Å²) in [6.07, 6.45) is 2.94. The lowest BCUT2D eigenvalue weighted by molar-refractivity contribution is -0.117. The molecule has 1 aliphatic rings. The van der Waals surface area contributed by atoms with Gasteiger partial charge in [-0.2, -0.15) is 5.10 Å². The normalized spacial score (nSPS) is 21.2. The number of hydrogen-bond acceptors (Lipinski definition) is 3. The van der Waals surface area contributed by atoms with Crippen molar-refractivity contribution in [3.05, 3.63) is 47.1 Å². The second-order valence-electron chi connectivity index (χ2n) is 7.19. The van der Waals surface area contributed by atoms with Gasteiger partial charge in [-0.1, -0.05) is 37.6 Å². The van der Waals surface area contributed by atoms with E-state index in [1.54, 1.807) is 10.9 Å². The molecule has 1 aromatic heterocycles. The van der Waals surface area contributed by atoms with Gasteiger partial charge in [0.05, 0.1) is 19.3 Å². The first kappa shape index (κ1) is 18.0. The quantitative estimate of drug-likeness (QED) is 0.887. The highest BCUT2D eigenvalue weighted by atomic mass is 35.5. The van der Waals surface area contributed by atoms with Crippen LogP contribution in [0, 0.1) is 11.8 Å². The van der Waals surface area contributed by atoms with Gasteiger partial charge in [0.2, 0.25) is 5.91 Å². The number of rotatable bonds is 5. The molecule has 1 amide bonds. The molecule has 1 aliphatic heterocycles. The van der Waals surface area contributed by atoms with Crippen LogP contribution in [-0.4, -0.2) is 40.2 Å². The lowest BCUT2D eigenvalue weighted by Crippen LogP contribution is -2.43. The highest BCUT2D eigenvalue weighted by Crippen LogP contribution is 2.21. The first-order valence-corrected chi connectivity index (χ1v) is 9.16. The van der Waals surface area contributed by atoms with Crippen molar-refractivity contribution in [2.45, 2.75) is 26.8 Å². The van der Waals surface area contributed by atoms with Crippen LogP contribution in [0.4, 0.5) is 5.82 Å². The first-order chi connectivity index (χ1) is 12.0. The van der Waals surface area contributed by atoms with Crippen molar-refractivity contribution in [2.24, 2.45) is 11.8 Å². The van der Waals surface area contributed by atoms with Crippen LogP contribution in [0.15, 0.2) is 36.5 Å². The Hall–Kier alpha value is -1.85. The number of nitrogens with one attached hydrogen (secondary N) is 1. The molecule has 2 heterocycles. The van der Waals surface area contributed by atoms with Crippen LogP contribution < -0.4 is 5.32 Å². The number of piperidine rings is 1. The van der Waals surface area contributed by atoms with Crippen LogP contribution >= 0.6 is 11.6 Å².